The number of nitrogens with one attached hydrogen (secondary N) is 1. The van der Waals surface area contributed by atoms with Crippen LogP contribution < -0.4 is 10.1 Å². The van der Waals surface area contributed by atoms with Crippen molar-refractivity contribution in [3.63, 3.8) is 0 Å². The average molecular weight is 352 g/mol. The van der Waals surface area contributed by atoms with Gasteiger partial charge in [0.1, 0.15) is 5.75 Å². The molecule has 0 bridgehead atoms. The minimum atomic E-state index is 0.0373. The van der Waals surface area contributed by atoms with Crippen LogP contribution in [0.25, 0.3) is 0 Å². The van der Waals surface area contributed by atoms with E-state index in [1.54, 1.807) is 0 Å². The van der Waals surface area contributed by atoms with E-state index in [4.69, 9.17) is 4.74 Å². The molecule has 2 aromatic rings. The SMILES string of the molecule is CCOc1ccc(CC(=O)NCc2ccc(CN3CCCC3)cc2)cc1. The second-order valence-electron chi connectivity index (χ2n) is 6.83. The molecule has 0 spiro atoms. The van der Waals surface area contributed by atoms with E-state index in [1.165, 1.54) is 31.5 Å². The van der Waals surface area contributed by atoms with Gasteiger partial charge in [-0.15, -0.1) is 0 Å². The Morgan fingerprint density at radius 1 is 0.962 bits per heavy atom. The second kappa shape index (κ2) is 9.39. The van der Waals surface area contributed by atoms with E-state index in [2.05, 4.69) is 34.5 Å². The molecule has 0 atom stereocenters. The fourth-order valence-corrected chi connectivity index (χ4v) is 3.28. The Morgan fingerprint density at radius 3 is 2.23 bits per heavy atom. The Labute approximate surface area is 156 Å². The normalized spacial score (nSPS) is 14.3. The Balaban J connectivity index is 1.43. The summed E-state index contributed by atoms with van der Waals surface area (Å²) in [5.74, 6) is 0.876. The van der Waals surface area contributed by atoms with Crippen molar-refractivity contribution in [3.8, 4) is 5.75 Å². The van der Waals surface area contributed by atoms with Gasteiger partial charge in [-0.25, -0.2) is 0 Å². The van der Waals surface area contributed by atoms with Crippen molar-refractivity contribution in [1.82, 2.24) is 10.2 Å². The smallest absolute Gasteiger partial charge is 0.224 e. The van der Waals surface area contributed by atoms with E-state index in [0.717, 1.165) is 23.4 Å². The van der Waals surface area contributed by atoms with Crippen molar-refractivity contribution in [3.05, 3.63) is 65.2 Å². The highest BCUT2D eigenvalue weighted by Crippen LogP contribution is 2.14. The minimum absolute atomic E-state index is 0.0373. The number of hydrogen-bond acceptors (Lipinski definition) is 3. The summed E-state index contributed by atoms with van der Waals surface area (Å²) in [6, 6.07) is 16.3. The third-order valence-electron chi connectivity index (χ3n) is 4.72. The molecule has 1 aliphatic rings. The van der Waals surface area contributed by atoms with E-state index in [9.17, 15) is 4.79 Å². The first-order valence-electron chi connectivity index (χ1n) is 9.51. The maximum atomic E-state index is 12.1. The predicted molar refractivity (Wildman–Crippen MR) is 104 cm³/mol. The first-order valence-corrected chi connectivity index (χ1v) is 9.51. The van der Waals surface area contributed by atoms with E-state index in [-0.39, 0.29) is 5.91 Å². The lowest BCUT2D eigenvalue weighted by Crippen LogP contribution is -2.24. The summed E-state index contributed by atoms with van der Waals surface area (Å²) < 4.78 is 5.42. The Morgan fingerprint density at radius 2 is 1.58 bits per heavy atom. The van der Waals surface area contributed by atoms with Gasteiger partial charge in [0, 0.05) is 13.1 Å². The first-order chi connectivity index (χ1) is 12.7. The molecule has 26 heavy (non-hydrogen) atoms. The van der Waals surface area contributed by atoms with Crippen LogP contribution in [0.15, 0.2) is 48.5 Å². The summed E-state index contributed by atoms with van der Waals surface area (Å²) >= 11 is 0. The van der Waals surface area contributed by atoms with Gasteiger partial charge in [0.05, 0.1) is 13.0 Å². The highest BCUT2D eigenvalue weighted by atomic mass is 16.5. The molecule has 4 nitrogen and oxygen atoms in total. The molecule has 1 N–H and O–H groups in total. The molecular formula is C22H28N2O2. The molecule has 0 aromatic heterocycles. The number of amides is 1. The maximum absolute atomic E-state index is 12.1. The zero-order valence-corrected chi connectivity index (χ0v) is 15.5. The van der Waals surface area contributed by atoms with Crippen LogP contribution in [0.3, 0.4) is 0 Å². The van der Waals surface area contributed by atoms with Gasteiger partial charge < -0.3 is 10.1 Å². The lowest BCUT2D eigenvalue weighted by molar-refractivity contribution is -0.120. The third kappa shape index (κ3) is 5.60. The number of likely N-dealkylation sites (tertiary alicyclic amines) is 1. The van der Waals surface area contributed by atoms with Gasteiger partial charge in [0.15, 0.2) is 0 Å². The number of carbonyl (C=O) groups excluding carboxylic acids is 1. The van der Waals surface area contributed by atoms with Crippen LogP contribution in [0.4, 0.5) is 0 Å². The van der Waals surface area contributed by atoms with Crippen molar-refractivity contribution in [2.75, 3.05) is 19.7 Å². The number of carbonyl (C=O) groups is 1. The average Bonchev–Trinajstić information content (AvgIpc) is 3.16. The lowest BCUT2D eigenvalue weighted by Gasteiger charge is -2.14. The summed E-state index contributed by atoms with van der Waals surface area (Å²) in [5, 5.41) is 3.00. The standard InChI is InChI=1S/C22H28N2O2/c1-2-26-21-11-9-18(10-12-21)15-22(25)23-16-19-5-7-20(8-6-19)17-24-13-3-4-14-24/h5-12H,2-4,13-17H2,1H3,(H,23,25). The Hall–Kier alpha value is -2.33. The molecule has 0 radical (unpaired) electrons. The van der Waals surface area contributed by atoms with Gasteiger partial charge in [-0.3, -0.25) is 9.69 Å². The van der Waals surface area contributed by atoms with Gasteiger partial charge >= 0.3 is 0 Å². The molecule has 0 aliphatic carbocycles. The van der Waals surface area contributed by atoms with Crippen LogP contribution in [0.1, 0.15) is 36.5 Å². The highest BCUT2D eigenvalue weighted by Gasteiger charge is 2.11. The van der Waals surface area contributed by atoms with Crippen molar-refractivity contribution in [2.45, 2.75) is 39.3 Å². The molecule has 3 rings (SSSR count). The van der Waals surface area contributed by atoms with Crippen LogP contribution in [-0.4, -0.2) is 30.5 Å². The molecule has 1 heterocycles. The molecule has 1 saturated heterocycles. The van der Waals surface area contributed by atoms with Crippen molar-refractivity contribution >= 4 is 5.91 Å². The second-order valence-corrected chi connectivity index (χ2v) is 6.83. The van der Waals surface area contributed by atoms with E-state index in [1.807, 2.05) is 31.2 Å². The summed E-state index contributed by atoms with van der Waals surface area (Å²) in [6.07, 6.45) is 3.02. The molecule has 2 aromatic carbocycles. The van der Waals surface area contributed by atoms with Gasteiger partial charge in [0.2, 0.25) is 5.91 Å². The third-order valence-corrected chi connectivity index (χ3v) is 4.72. The molecule has 1 amide bonds. The van der Waals surface area contributed by atoms with Gasteiger partial charge in [0.25, 0.3) is 0 Å². The van der Waals surface area contributed by atoms with Crippen LogP contribution >= 0.6 is 0 Å². The van der Waals surface area contributed by atoms with Crippen molar-refractivity contribution < 1.29 is 9.53 Å². The quantitative estimate of drug-likeness (QED) is 0.790. The maximum Gasteiger partial charge on any atom is 0.224 e. The van der Waals surface area contributed by atoms with Gasteiger partial charge in [-0.1, -0.05) is 36.4 Å². The molecular weight excluding hydrogens is 324 g/mol. The molecule has 138 valence electrons. The molecule has 1 fully saturated rings. The van der Waals surface area contributed by atoms with Crippen LogP contribution in [0.2, 0.25) is 0 Å². The molecule has 1 aliphatic heterocycles. The summed E-state index contributed by atoms with van der Waals surface area (Å²) in [6.45, 7) is 6.63. The lowest BCUT2D eigenvalue weighted by atomic mass is 10.1. The van der Waals surface area contributed by atoms with Crippen LogP contribution in [-0.2, 0) is 24.3 Å². The van der Waals surface area contributed by atoms with E-state index in [0.29, 0.717) is 19.6 Å². The molecule has 0 unspecified atom stereocenters. The van der Waals surface area contributed by atoms with E-state index < -0.39 is 0 Å². The van der Waals surface area contributed by atoms with Crippen molar-refractivity contribution in [2.24, 2.45) is 0 Å². The summed E-state index contributed by atoms with van der Waals surface area (Å²) in [4.78, 5) is 14.6. The monoisotopic (exact) mass is 352 g/mol. The number of hydrogen-bond donors (Lipinski definition) is 1. The summed E-state index contributed by atoms with van der Waals surface area (Å²) in [5.41, 5.74) is 3.47. The fourth-order valence-electron chi connectivity index (χ4n) is 3.28. The van der Waals surface area contributed by atoms with Crippen molar-refractivity contribution in [1.29, 1.82) is 0 Å². The van der Waals surface area contributed by atoms with Crippen LogP contribution in [0.5, 0.6) is 5.75 Å². The highest BCUT2D eigenvalue weighted by molar-refractivity contribution is 5.78. The molecule has 4 heteroatoms. The Kier molecular flexibility index (Phi) is 6.67. The first kappa shape index (κ1) is 18.5. The van der Waals surface area contributed by atoms with Crippen LogP contribution in [0, 0.1) is 0 Å². The Bertz CT molecular complexity index is 689. The summed E-state index contributed by atoms with van der Waals surface area (Å²) in [7, 11) is 0. The fraction of sp³-hybridized carbons (Fsp3) is 0.409. The topological polar surface area (TPSA) is 41.6 Å². The number of nitrogens with zero attached hydrogens (tertiary/aromatic N) is 1. The zero-order valence-electron chi connectivity index (χ0n) is 15.5. The number of benzene rings is 2. The van der Waals surface area contributed by atoms with Gasteiger partial charge in [-0.2, -0.15) is 0 Å². The zero-order chi connectivity index (χ0) is 18.2. The number of ether oxygens (including phenoxy) is 1. The molecule has 0 saturated carbocycles. The van der Waals surface area contributed by atoms with Gasteiger partial charge in [-0.05, 0) is 61.7 Å². The number of rotatable bonds is 8. The van der Waals surface area contributed by atoms with E-state index >= 15 is 0 Å². The predicted octanol–water partition coefficient (Wildman–Crippen LogP) is 3.54. The largest absolute Gasteiger partial charge is 0.494 e. The minimum Gasteiger partial charge on any atom is -0.494 e.